The SMILES string of the molecule is CC(CC(=O)O)N(CC#N)CC#N. The van der Waals surface area contributed by atoms with E-state index in [0.29, 0.717) is 0 Å². The van der Waals surface area contributed by atoms with Crippen LogP contribution in [0.2, 0.25) is 0 Å². The lowest BCUT2D eigenvalue weighted by molar-refractivity contribution is -0.138. The minimum absolute atomic E-state index is 0.0522. The van der Waals surface area contributed by atoms with E-state index in [-0.39, 0.29) is 25.6 Å². The van der Waals surface area contributed by atoms with Crippen molar-refractivity contribution in [2.24, 2.45) is 0 Å². The molecule has 0 spiro atoms. The van der Waals surface area contributed by atoms with Crippen LogP contribution in [0.5, 0.6) is 0 Å². The van der Waals surface area contributed by atoms with E-state index in [0.717, 1.165) is 0 Å². The number of aliphatic carboxylic acids is 1. The van der Waals surface area contributed by atoms with Gasteiger partial charge >= 0.3 is 5.97 Å². The number of hydrogen-bond donors (Lipinski definition) is 1. The third-order valence-corrected chi connectivity index (χ3v) is 1.64. The number of carboxylic acid groups (broad SMARTS) is 1. The topological polar surface area (TPSA) is 88.1 Å². The third-order valence-electron chi connectivity index (χ3n) is 1.64. The zero-order valence-corrected chi connectivity index (χ0v) is 7.40. The molecule has 5 nitrogen and oxygen atoms in total. The smallest absolute Gasteiger partial charge is 0.304 e. The van der Waals surface area contributed by atoms with Crippen LogP contribution in [0.15, 0.2) is 0 Å². The van der Waals surface area contributed by atoms with Crippen LogP contribution in [0.25, 0.3) is 0 Å². The number of nitriles is 2. The molecule has 0 aromatic carbocycles. The Kier molecular flexibility index (Phi) is 5.25. The molecule has 0 heterocycles. The van der Waals surface area contributed by atoms with Crippen molar-refractivity contribution in [3.05, 3.63) is 0 Å². The lowest BCUT2D eigenvalue weighted by atomic mass is 10.2. The van der Waals surface area contributed by atoms with Gasteiger partial charge < -0.3 is 5.11 Å². The van der Waals surface area contributed by atoms with Crippen molar-refractivity contribution in [1.29, 1.82) is 10.5 Å². The Bertz CT molecular complexity index is 235. The average molecular weight is 181 g/mol. The minimum Gasteiger partial charge on any atom is -0.481 e. The Morgan fingerprint density at radius 3 is 2.23 bits per heavy atom. The van der Waals surface area contributed by atoms with Crippen LogP contribution in [0.3, 0.4) is 0 Å². The van der Waals surface area contributed by atoms with E-state index in [1.54, 1.807) is 6.92 Å². The minimum atomic E-state index is -0.923. The second kappa shape index (κ2) is 5.99. The van der Waals surface area contributed by atoms with Crippen molar-refractivity contribution in [3.63, 3.8) is 0 Å². The number of carboxylic acids is 1. The molecule has 0 aliphatic rings. The summed E-state index contributed by atoms with van der Waals surface area (Å²) >= 11 is 0. The molecule has 0 bridgehead atoms. The summed E-state index contributed by atoms with van der Waals surface area (Å²) in [6.45, 7) is 1.85. The fourth-order valence-corrected chi connectivity index (χ4v) is 0.931. The summed E-state index contributed by atoms with van der Waals surface area (Å²) in [5.41, 5.74) is 0. The van der Waals surface area contributed by atoms with Gasteiger partial charge in [0.15, 0.2) is 0 Å². The molecule has 0 saturated heterocycles. The fourth-order valence-electron chi connectivity index (χ4n) is 0.931. The number of rotatable bonds is 5. The van der Waals surface area contributed by atoms with Gasteiger partial charge in [0, 0.05) is 6.04 Å². The Labute approximate surface area is 76.8 Å². The van der Waals surface area contributed by atoms with E-state index in [4.69, 9.17) is 15.6 Å². The van der Waals surface area contributed by atoms with Gasteiger partial charge in [0.25, 0.3) is 0 Å². The second-order valence-electron chi connectivity index (χ2n) is 2.67. The van der Waals surface area contributed by atoms with Gasteiger partial charge in [0.05, 0.1) is 31.6 Å². The van der Waals surface area contributed by atoms with Crippen molar-refractivity contribution in [2.75, 3.05) is 13.1 Å². The molecule has 0 aromatic heterocycles. The van der Waals surface area contributed by atoms with Gasteiger partial charge in [-0.3, -0.25) is 9.69 Å². The normalized spacial score (nSPS) is 11.7. The van der Waals surface area contributed by atoms with Gasteiger partial charge in [-0.15, -0.1) is 0 Å². The molecule has 1 atom stereocenters. The van der Waals surface area contributed by atoms with Crippen molar-refractivity contribution < 1.29 is 9.90 Å². The van der Waals surface area contributed by atoms with Crippen molar-refractivity contribution in [3.8, 4) is 12.1 Å². The number of hydrogen-bond acceptors (Lipinski definition) is 4. The zero-order valence-electron chi connectivity index (χ0n) is 7.40. The highest BCUT2D eigenvalue weighted by Crippen LogP contribution is 2.02. The molecule has 5 heteroatoms. The lowest BCUT2D eigenvalue weighted by Gasteiger charge is -2.21. The van der Waals surface area contributed by atoms with E-state index in [2.05, 4.69) is 0 Å². The average Bonchev–Trinajstić information content (AvgIpc) is 2.02. The highest BCUT2D eigenvalue weighted by Gasteiger charge is 2.15. The molecule has 0 aliphatic heterocycles. The van der Waals surface area contributed by atoms with Crippen molar-refractivity contribution >= 4 is 5.97 Å². The maximum atomic E-state index is 10.3. The first-order valence-corrected chi connectivity index (χ1v) is 3.81. The molecule has 0 radical (unpaired) electrons. The summed E-state index contributed by atoms with van der Waals surface area (Å²) in [6.07, 6.45) is -0.0522. The molecule has 0 aromatic rings. The number of nitrogens with zero attached hydrogens (tertiary/aromatic N) is 3. The summed E-state index contributed by atoms with van der Waals surface area (Å²) in [5.74, 6) is -0.923. The first kappa shape index (κ1) is 11.4. The maximum absolute atomic E-state index is 10.3. The predicted molar refractivity (Wildman–Crippen MR) is 44.5 cm³/mol. The van der Waals surface area contributed by atoms with E-state index in [1.165, 1.54) is 4.90 Å². The molecule has 0 amide bonds. The van der Waals surface area contributed by atoms with Crippen molar-refractivity contribution in [1.82, 2.24) is 4.90 Å². The monoisotopic (exact) mass is 181 g/mol. The maximum Gasteiger partial charge on any atom is 0.304 e. The molecule has 0 saturated carbocycles. The van der Waals surface area contributed by atoms with Crippen LogP contribution in [-0.2, 0) is 4.79 Å². The molecular weight excluding hydrogens is 170 g/mol. The summed E-state index contributed by atoms with van der Waals surface area (Å²) in [7, 11) is 0. The summed E-state index contributed by atoms with van der Waals surface area (Å²) in [5, 5.41) is 25.3. The van der Waals surface area contributed by atoms with Gasteiger partial charge in [-0.2, -0.15) is 10.5 Å². The molecule has 0 aliphatic carbocycles. The molecule has 1 N–H and O–H groups in total. The van der Waals surface area contributed by atoms with Crippen LogP contribution in [-0.4, -0.2) is 35.1 Å². The molecular formula is C8H11N3O2. The van der Waals surface area contributed by atoms with Gasteiger partial charge in [-0.25, -0.2) is 0 Å². The van der Waals surface area contributed by atoms with E-state index >= 15 is 0 Å². The van der Waals surface area contributed by atoms with Gasteiger partial charge in [0.1, 0.15) is 0 Å². The van der Waals surface area contributed by atoms with E-state index in [1.807, 2.05) is 12.1 Å². The Morgan fingerprint density at radius 1 is 1.46 bits per heavy atom. The standard InChI is InChI=1S/C8H11N3O2/c1-7(6-8(12)13)11(4-2-9)5-3-10/h7H,4-6H2,1H3,(H,12,13). The van der Waals surface area contributed by atoms with E-state index in [9.17, 15) is 4.79 Å². The highest BCUT2D eigenvalue weighted by molar-refractivity contribution is 5.67. The Balaban J connectivity index is 4.13. The Morgan fingerprint density at radius 2 is 1.92 bits per heavy atom. The molecule has 0 fully saturated rings. The predicted octanol–water partition coefficient (Wildman–Crippen LogP) is 0.199. The molecule has 0 rings (SSSR count). The van der Waals surface area contributed by atoms with Crippen molar-refractivity contribution in [2.45, 2.75) is 19.4 Å². The molecule has 1 unspecified atom stereocenters. The zero-order chi connectivity index (χ0) is 10.3. The summed E-state index contributed by atoms with van der Waals surface area (Å²) < 4.78 is 0. The molecule has 13 heavy (non-hydrogen) atoms. The van der Waals surface area contributed by atoms with Gasteiger partial charge in [-0.1, -0.05) is 0 Å². The highest BCUT2D eigenvalue weighted by atomic mass is 16.4. The van der Waals surface area contributed by atoms with Crippen LogP contribution >= 0.6 is 0 Å². The first-order valence-electron chi connectivity index (χ1n) is 3.81. The Hall–Kier alpha value is -1.59. The van der Waals surface area contributed by atoms with Gasteiger partial charge in [-0.05, 0) is 6.92 Å². The first-order chi connectivity index (χ1) is 6.11. The summed E-state index contributed by atoms with van der Waals surface area (Å²) in [6, 6.07) is 3.50. The lowest BCUT2D eigenvalue weighted by Crippen LogP contribution is -2.35. The van der Waals surface area contributed by atoms with E-state index < -0.39 is 5.97 Å². The van der Waals surface area contributed by atoms with Crippen LogP contribution in [0.1, 0.15) is 13.3 Å². The second-order valence-corrected chi connectivity index (χ2v) is 2.67. The quantitative estimate of drug-likeness (QED) is 0.612. The van der Waals surface area contributed by atoms with Crippen LogP contribution in [0, 0.1) is 22.7 Å². The summed E-state index contributed by atoms with van der Waals surface area (Å²) in [4.78, 5) is 11.9. The third kappa shape index (κ3) is 4.78. The van der Waals surface area contributed by atoms with Crippen LogP contribution in [0.4, 0.5) is 0 Å². The van der Waals surface area contributed by atoms with Crippen LogP contribution < -0.4 is 0 Å². The number of carbonyl (C=O) groups is 1. The van der Waals surface area contributed by atoms with Gasteiger partial charge in [0.2, 0.25) is 0 Å². The largest absolute Gasteiger partial charge is 0.481 e. The molecule has 70 valence electrons. The fraction of sp³-hybridized carbons (Fsp3) is 0.625.